The Morgan fingerprint density at radius 3 is 2.31 bits per heavy atom. The van der Waals surface area contributed by atoms with Crippen LogP contribution in [0.4, 0.5) is 0 Å². The van der Waals surface area contributed by atoms with Crippen molar-refractivity contribution in [1.82, 2.24) is 0 Å². The zero-order valence-corrected chi connectivity index (χ0v) is 10.5. The van der Waals surface area contributed by atoms with Gasteiger partial charge in [0.1, 0.15) is 0 Å². The summed E-state index contributed by atoms with van der Waals surface area (Å²) in [4.78, 5) is 11.2. The molecule has 0 N–H and O–H groups in total. The number of carbonyl (C=O) groups is 1. The Labute approximate surface area is 104 Å². The highest BCUT2D eigenvalue weighted by molar-refractivity contribution is 7.49. The van der Waals surface area contributed by atoms with Gasteiger partial charge < -0.3 is 4.74 Å². The topological polar surface area (TPSA) is 26.3 Å². The quantitative estimate of drug-likeness (QED) is 0.502. The van der Waals surface area contributed by atoms with E-state index in [0.717, 1.165) is 12.8 Å². The van der Waals surface area contributed by atoms with Crippen molar-refractivity contribution < 1.29 is 9.53 Å². The third-order valence-corrected chi connectivity index (χ3v) is 3.22. The number of hydrogen-bond donors (Lipinski definition) is 0. The minimum atomic E-state index is -0.667. The number of carbonyl (C=O) groups excluding carboxylic acids is 1. The largest absolute Gasteiger partial charge is 0.469 e. The second-order valence-electron chi connectivity index (χ2n) is 4.70. The Hall–Kier alpha value is -0.270. The van der Waals surface area contributed by atoms with E-state index < -0.39 is 6.39 Å². The first-order valence-electron chi connectivity index (χ1n) is 5.69. The Balaban J connectivity index is 0.000000487. The lowest BCUT2D eigenvalue weighted by Crippen LogP contribution is -2.16. The van der Waals surface area contributed by atoms with Crippen LogP contribution in [0.15, 0.2) is 0 Å². The Bertz CT molecular complexity index is 220. The van der Waals surface area contributed by atoms with Crippen molar-refractivity contribution in [2.45, 2.75) is 39.5 Å². The fraction of sp³-hybridized carbons (Fsp3) is 0.900. The molecular weight excluding hydrogens is 195 g/mol. The summed E-state index contributed by atoms with van der Waals surface area (Å²) in [6.07, 6.45) is 3.69. The number of esters is 1. The molecule has 0 aromatic heterocycles. The molecule has 82 valence electrons. The maximum Gasteiger partial charge on any atom is 0.308 e. The third-order valence-electron chi connectivity index (χ3n) is 3.22. The molecule has 0 aromatic rings. The fourth-order valence-corrected chi connectivity index (χ4v) is 2.01. The second kappa shape index (κ2) is 7.13. The Morgan fingerprint density at radius 1 is 1.50 bits per heavy atom. The van der Waals surface area contributed by atoms with Crippen molar-refractivity contribution in [3.8, 4) is 0 Å². The molecule has 2 atom stereocenters. The normalized spacial score (nSPS) is 27.8. The van der Waals surface area contributed by atoms with Crippen molar-refractivity contribution in [2.24, 2.45) is 11.3 Å². The molecule has 0 saturated heterocycles. The van der Waals surface area contributed by atoms with Crippen LogP contribution in [0.3, 0.4) is 0 Å². The number of hydrogen-bond acceptors (Lipinski definition) is 2. The number of ether oxygens (including phenoxy) is 1. The molecule has 0 aromatic carbocycles. The van der Waals surface area contributed by atoms with Gasteiger partial charge in [-0.1, -0.05) is 20.3 Å². The maximum absolute atomic E-state index is 11.2. The smallest absolute Gasteiger partial charge is 0.308 e. The lowest BCUT2D eigenvalue weighted by Gasteiger charge is -2.20. The van der Waals surface area contributed by atoms with Crippen molar-refractivity contribution in [3.63, 3.8) is 0 Å². The average molecular weight is 214 g/mol. The summed E-state index contributed by atoms with van der Waals surface area (Å²) in [6, 6.07) is 0. The molecule has 0 heterocycles. The van der Waals surface area contributed by atoms with E-state index in [2.05, 4.69) is 37.1 Å². The number of methoxy groups -OCH3 is 1. The highest BCUT2D eigenvalue weighted by Gasteiger charge is 2.37. The van der Waals surface area contributed by atoms with Crippen molar-refractivity contribution in [3.05, 3.63) is 0 Å². The standard InChI is InChI=1S/C10H18O2.B4/c1-4-10(2)6-5-8(7-10)9(11)12-3;1-4(2)3/h8H,4-7H2,1-3H3;. The van der Waals surface area contributed by atoms with Crippen LogP contribution >= 0.6 is 0 Å². The zero-order valence-electron chi connectivity index (χ0n) is 10.5. The summed E-state index contributed by atoms with van der Waals surface area (Å²) >= 11 is 0. The molecule has 2 nitrogen and oxygen atoms in total. The van der Waals surface area contributed by atoms with Gasteiger partial charge in [0.15, 0.2) is 0 Å². The van der Waals surface area contributed by atoms with Gasteiger partial charge in [-0.25, -0.2) is 0 Å². The van der Waals surface area contributed by atoms with Crippen LogP contribution in [0, 0.1) is 11.3 Å². The van der Waals surface area contributed by atoms with E-state index in [-0.39, 0.29) is 11.9 Å². The molecule has 1 fully saturated rings. The minimum Gasteiger partial charge on any atom is -0.469 e. The average Bonchev–Trinajstić information content (AvgIpc) is 2.60. The van der Waals surface area contributed by atoms with Crippen LogP contribution < -0.4 is 0 Å². The predicted octanol–water partition coefficient (Wildman–Crippen LogP) is 0.853. The van der Waals surface area contributed by atoms with Gasteiger partial charge >= 0.3 is 5.97 Å². The SMILES string of the molecule is CCC1(C)CCC(C(=O)OC)C1.[B]B([B])[B]. The van der Waals surface area contributed by atoms with Gasteiger partial charge in [0.05, 0.1) is 13.0 Å². The van der Waals surface area contributed by atoms with E-state index in [9.17, 15) is 4.79 Å². The maximum atomic E-state index is 11.2. The van der Waals surface area contributed by atoms with Crippen molar-refractivity contribution in [1.29, 1.82) is 0 Å². The number of rotatable bonds is 2. The van der Waals surface area contributed by atoms with E-state index in [1.165, 1.54) is 20.0 Å². The fourth-order valence-electron chi connectivity index (χ4n) is 2.01. The van der Waals surface area contributed by atoms with Crippen molar-refractivity contribution >= 4 is 35.6 Å². The molecule has 1 aliphatic carbocycles. The van der Waals surface area contributed by atoms with E-state index >= 15 is 0 Å². The molecule has 1 rings (SSSR count). The van der Waals surface area contributed by atoms with Crippen LogP contribution in [-0.2, 0) is 9.53 Å². The zero-order chi connectivity index (χ0) is 12.8. The summed E-state index contributed by atoms with van der Waals surface area (Å²) in [5.74, 6) is 0.145. The van der Waals surface area contributed by atoms with Gasteiger partial charge in [-0.2, -0.15) is 0 Å². The van der Waals surface area contributed by atoms with Gasteiger partial charge in [-0.05, 0) is 24.7 Å². The van der Waals surface area contributed by atoms with Crippen LogP contribution in [0.2, 0.25) is 0 Å². The van der Waals surface area contributed by atoms with Gasteiger partial charge in [-0.15, -0.1) is 0 Å². The highest BCUT2D eigenvalue weighted by Crippen LogP contribution is 2.44. The molecule has 16 heavy (non-hydrogen) atoms. The minimum absolute atomic E-state index is 0.0211. The highest BCUT2D eigenvalue weighted by atomic mass is 16.5. The Morgan fingerprint density at radius 2 is 2.00 bits per heavy atom. The second-order valence-corrected chi connectivity index (χ2v) is 4.70. The molecule has 0 bridgehead atoms. The molecule has 0 spiro atoms. The van der Waals surface area contributed by atoms with Gasteiger partial charge in [-0.3, -0.25) is 4.79 Å². The molecular formula is C10H18B4O2. The van der Waals surface area contributed by atoms with Crippen LogP contribution in [0.25, 0.3) is 0 Å². The molecule has 1 aliphatic rings. The molecule has 0 aliphatic heterocycles. The molecule has 2 unspecified atom stereocenters. The molecule has 1 saturated carbocycles. The molecule has 0 amide bonds. The van der Waals surface area contributed by atoms with Gasteiger partial charge in [0, 0.05) is 29.6 Å². The van der Waals surface area contributed by atoms with Crippen molar-refractivity contribution in [2.75, 3.05) is 7.11 Å². The summed E-state index contributed by atoms with van der Waals surface area (Å²) in [6.45, 7) is 4.45. The van der Waals surface area contributed by atoms with Crippen LogP contribution in [0.5, 0.6) is 0 Å². The van der Waals surface area contributed by atoms with E-state index in [1.807, 2.05) is 0 Å². The van der Waals surface area contributed by atoms with E-state index in [4.69, 9.17) is 4.74 Å². The van der Waals surface area contributed by atoms with Crippen LogP contribution in [-0.4, -0.2) is 42.7 Å². The van der Waals surface area contributed by atoms with Crippen LogP contribution in [0.1, 0.15) is 39.5 Å². The molecule has 6 radical (unpaired) electrons. The monoisotopic (exact) mass is 214 g/mol. The molecule has 6 heteroatoms. The first-order valence-corrected chi connectivity index (χ1v) is 5.69. The first kappa shape index (κ1) is 15.7. The third kappa shape index (κ3) is 5.72. The lowest BCUT2D eigenvalue weighted by atomic mass is 9.08. The van der Waals surface area contributed by atoms with Gasteiger partial charge in [0.25, 0.3) is 0 Å². The lowest BCUT2D eigenvalue weighted by molar-refractivity contribution is -0.145. The van der Waals surface area contributed by atoms with Gasteiger partial charge in [0.2, 0.25) is 0 Å². The predicted molar refractivity (Wildman–Crippen MR) is 70.8 cm³/mol. The summed E-state index contributed by atoms with van der Waals surface area (Å²) in [5, 5.41) is 0. The Kier molecular flexibility index (Phi) is 7.01. The summed E-state index contributed by atoms with van der Waals surface area (Å²) in [5.41, 5.74) is 0.388. The summed E-state index contributed by atoms with van der Waals surface area (Å²) in [7, 11) is 15.5. The first-order chi connectivity index (χ1) is 7.34. The summed E-state index contributed by atoms with van der Waals surface area (Å²) < 4.78 is 4.73. The van der Waals surface area contributed by atoms with E-state index in [1.54, 1.807) is 0 Å². The van der Waals surface area contributed by atoms with E-state index in [0.29, 0.717) is 5.41 Å².